The number of carbonyl (C=O) groups excluding carboxylic acids is 1. The Morgan fingerprint density at radius 1 is 1.58 bits per heavy atom. The minimum absolute atomic E-state index is 0.0461. The maximum atomic E-state index is 11.9. The zero-order valence-electron chi connectivity index (χ0n) is 11.3. The summed E-state index contributed by atoms with van der Waals surface area (Å²) in [6, 6.07) is 0.352. The van der Waals surface area contributed by atoms with Crippen molar-refractivity contribution in [1.29, 1.82) is 0 Å². The smallest absolute Gasteiger partial charge is 0.345 e. The Bertz CT molecular complexity index is 512. The highest BCUT2D eigenvalue weighted by Crippen LogP contribution is 2.20. The van der Waals surface area contributed by atoms with Crippen LogP contribution in [0.15, 0.2) is 11.0 Å². The summed E-state index contributed by atoms with van der Waals surface area (Å²) in [5.74, 6) is -0.0975. The number of nitrogens with zero attached hydrogens (tertiary/aromatic N) is 2. The van der Waals surface area contributed by atoms with Gasteiger partial charge in [-0.3, -0.25) is 9.78 Å². The number of carbonyl (C=O) groups is 1. The molecule has 0 spiro atoms. The van der Waals surface area contributed by atoms with Gasteiger partial charge in [0.15, 0.2) is 0 Å². The average molecular weight is 265 g/mol. The molecule has 6 heteroatoms. The zero-order valence-corrected chi connectivity index (χ0v) is 11.3. The van der Waals surface area contributed by atoms with Crippen LogP contribution in [0.4, 0.5) is 5.95 Å². The molecular formula is C13H19N3O3. The van der Waals surface area contributed by atoms with Gasteiger partial charge in [0.25, 0.3) is 5.56 Å². The second-order valence-corrected chi connectivity index (χ2v) is 4.71. The summed E-state index contributed by atoms with van der Waals surface area (Å²) in [6.07, 6.45) is 4.67. The Kier molecular flexibility index (Phi) is 4.19. The molecule has 1 saturated heterocycles. The molecule has 0 amide bonds. The van der Waals surface area contributed by atoms with Crippen LogP contribution in [-0.4, -0.2) is 35.1 Å². The highest BCUT2D eigenvalue weighted by molar-refractivity contribution is 5.88. The summed E-state index contributed by atoms with van der Waals surface area (Å²) in [4.78, 5) is 32.3. The number of hydrogen-bond donors (Lipinski definition) is 1. The van der Waals surface area contributed by atoms with Crippen molar-refractivity contribution in [2.45, 2.75) is 39.2 Å². The summed E-state index contributed by atoms with van der Waals surface area (Å²) in [7, 11) is 0. The number of aromatic nitrogens is 2. The fourth-order valence-electron chi connectivity index (χ4n) is 2.30. The molecule has 0 bridgehead atoms. The predicted molar refractivity (Wildman–Crippen MR) is 71.5 cm³/mol. The van der Waals surface area contributed by atoms with Gasteiger partial charge in [0.05, 0.1) is 12.8 Å². The first-order valence-electron chi connectivity index (χ1n) is 6.66. The molecule has 2 heterocycles. The molecule has 0 aliphatic carbocycles. The highest BCUT2D eigenvalue weighted by atomic mass is 16.5. The first kappa shape index (κ1) is 13.6. The number of H-pyrrole nitrogens is 1. The molecule has 1 N–H and O–H groups in total. The molecule has 1 aliphatic heterocycles. The average Bonchev–Trinajstić information content (AvgIpc) is 2.39. The second-order valence-electron chi connectivity index (χ2n) is 4.71. The van der Waals surface area contributed by atoms with E-state index in [1.165, 1.54) is 12.6 Å². The van der Waals surface area contributed by atoms with Gasteiger partial charge in [0.1, 0.15) is 5.56 Å². The molecule has 0 radical (unpaired) electrons. The van der Waals surface area contributed by atoms with Crippen LogP contribution in [0.3, 0.4) is 0 Å². The van der Waals surface area contributed by atoms with Gasteiger partial charge < -0.3 is 9.64 Å². The van der Waals surface area contributed by atoms with Crippen LogP contribution in [0, 0.1) is 0 Å². The van der Waals surface area contributed by atoms with E-state index in [0.29, 0.717) is 12.0 Å². The molecular weight excluding hydrogens is 246 g/mol. The monoisotopic (exact) mass is 265 g/mol. The predicted octanol–water partition coefficient (Wildman–Crippen LogP) is 1.33. The molecule has 1 aliphatic rings. The maximum Gasteiger partial charge on any atom is 0.345 e. The molecule has 19 heavy (non-hydrogen) atoms. The first-order chi connectivity index (χ1) is 9.13. The van der Waals surface area contributed by atoms with E-state index in [4.69, 9.17) is 4.74 Å². The van der Waals surface area contributed by atoms with Crippen LogP contribution >= 0.6 is 0 Å². The van der Waals surface area contributed by atoms with Gasteiger partial charge in [0.2, 0.25) is 5.95 Å². The Balaban J connectivity index is 2.23. The van der Waals surface area contributed by atoms with E-state index in [0.717, 1.165) is 19.4 Å². The third kappa shape index (κ3) is 2.94. The van der Waals surface area contributed by atoms with E-state index >= 15 is 0 Å². The summed E-state index contributed by atoms with van der Waals surface area (Å²) in [5.41, 5.74) is -0.489. The van der Waals surface area contributed by atoms with Gasteiger partial charge in [-0.2, -0.15) is 0 Å². The number of piperidine rings is 1. The number of esters is 1. The van der Waals surface area contributed by atoms with Crippen LogP contribution in [-0.2, 0) is 4.74 Å². The summed E-state index contributed by atoms with van der Waals surface area (Å²) >= 11 is 0. The quantitative estimate of drug-likeness (QED) is 0.834. The lowest BCUT2D eigenvalue weighted by Gasteiger charge is -2.33. The number of rotatable bonds is 3. The van der Waals surface area contributed by atoms with Crippen LogP contribution in [0.1, 0.15) is 43.5 Å². The summed E-state index contributed by atoms with van der Waals surface area (Å²) in [5, 5.41) is 0. The minimum Gasteiger partial charge on any atom is -0.462 e. The van der Waals surface area contributed by atoms with Crippen molar-refractivity contribution in [2.24, 2.45) is 0 Å². The lowest BCUT2D eigenvalue weighted by Crippen LogP contribution is -2.39. The van der Waals surface area contributed by atoms with Crippen LogP contribution in [0.2, 0.25) is 0 Å². The summed E-state index contributed by atoms with van der Waals surface area (Å²) < 4.78 is 4.80. The van der Waals surface area contributed by atoms with Crippen molar-refractivity contribution in [1.82, 2.24) is 9.97 Å². The van der Waals surface area contributed by atoms with Crippen molar-refractivity contribution in [2.75, 3.05) is 18.1 Å². The zero-order chi connectivity index (χ0) is 13.8. The molecule has 6 nitrogen and oxygen atoms in total. The Morgan fingerprint density at radius 2 is 2.37 bits per heavy atom. The fourth-order valence-corrected chi connectivity index (χ4v) is 2.30. The van der Waals surface area contributed by atoms with Crippen molar-refractivity contribution in [3.8, 4) is 0 Å². The van der Waals surface area contributed by atoms with E-state index in [2.05, 4.69) is 21.8 Å². The van der Waals surface area contributed by atoms with Gasteiger partial charge >= 0.3 is 5.97 Å². The second kappa shape index (κ2) is 5.86. The topological polar surface area (TPSA) is 75.3 Å². The van der Waals surface area contributed by atoms with Crippen molar-refractivity contribution < 1.29 is 9.53 Å². The number of aromatic amines is 1. The maximum absolute atomic E-state index is 11.9. The lowest BCUT2D eigenvalue weighted by atomic mass is 10.0. The van der Waals surface area contributed by atoms with Crippen LogP contribution in [0.5, 0.6) is 0 Å². The van der Waals surface area contributed by atoms with Crippen LogP contribution < -0.4 is 10.5 Å². The third-order valence-electron chi connectivity index (χ3n) is 3.36. The SMILES string of the molecule is CCOC(=O)c1cnc(N2CCCC[C@@H]2C)[nH]c1=O. The number of anilines is 1. The third-order valence-corrected chi connectivity index (χ3v) is 3.36. The van der Waals surface area contributed by atoms with Gasteiger partial charge in [0, 0.05) is 12.6 Å². The molecule has 1 atom stereocenters. The number of nitrogens with one attached hydrogen (secondary N) is 1. The van der Waals surface area contributed by atoms with Crippen molar-refractivity contribution >= 4 is 11.9 Å². The molecule has 1 aromatic heterocycles. The fraction of sp³-hybridized carbons (Fsp3) is 0.615. The Morgan fingerprint density at radius 3 is 3.00 bits per heavy atom. The first-order valence-corrected chi connectivity index (χ1v) is 6.66. The molecule has 1 aromatic rings. The minimum atomic E-state index is -0.630. The highest BCUT2D eigenvalue weighted by Gasteiger charge is 2.21. The standard InChI is InChI=1S/C13H19N3O3/c1-3-19-12(18)10-8-14-13(15-11(10)17)16-7-5-4-6-9(16)2/h8-9H,3-7H2,1-2H3,(H,14,15,17)/t9-/m0/s1. The largest absolute Gasteiger partial charge is 0.462 e. The van der Waals surface area contributed by atoms with Gasteiger partial charge in [-0.05, 0) is 33.1 Å². The molecule has 0 saturated carbocycles. The molecule has 104 valence electrons. The normalized spacial score (nSPS) is 19.3. The van der Waals surface area contributed by atoms with Crippen LogP contribution in [0.25, 0.3) is 0 Å². The molecule has 1 fully saturated rings. The lowest BCUT2D eigenvalue weighted by molar-refractivity contribution is 0.0523. The van der Waals surface area contributed by atoms with E-state index in [-0.39, 0.29) is 12.2 Å². The van der Waals surface area contributed by atoms with E-state index in [1.54, 1.807) is 6.92 Å². The van der Waals surface area contributed by atoms with Gasteiger partial charge in [-0.15, -0.1) is 0 Å². The molecule has 2 rings (SSSR count). The number of hydrogen-bond acceptors (Lipinski definition) is 5. The van der Waals surface area contributed by atoms with E-state index in [1.807, 2.05) is 0 Å². The van der Waals surface area contributed by atoms with Gasteiger partial charge in [-0.25, -0.2) is 9.78 Å². The van der Waals surface area contributed by atoms with E-state index < -0.39 is 11.5 Å². The Labute approximate surface area is 111 Å². The van der Waals surface area contributed by atoms with Gasteiger partial charge in [-0.1, -0.05) is 0 Å². The van der Waals surface area contributed by atoms with Crippen molar-refractivity contribution in [3.63, 3.8) is 0 Å². The molecule has 0 aromatic carbocycles. The summed E-state index contributed by atoms with van der Waals surface area (Å²) in [6.45, 7) is 4.92. The number of ether oxygens (including phenoxy) is 1. The van der Waals surface area contributed by atoms with E-state index in [9.17, 15) is 9.59 Å². The Hall–Kier alpha value is -1.85. The van der Waals surface area contributed by atoms with Crippen molar-refractivity contribution in [3.05, 3.63) is 22.1 Å². The molecule has 0 unspecified atom stereocenters.